The van der Waals surface area contributed by atoms with Crippen molar-refractivity contribution in [3.63, 3.8) is 0 Å². The summed E-state index contributed by atoms with van der Waals surface area (Å²) >= 11 is 0. The highest BCUT2D eigenvalue weighted by molar-refractivity contribution is 6.00. The van der Waals surface area contributed by atoms with Gasteiger partial charge in [0.05, 0.1) is 0 Å². The number of imide groups is 1. The molecule has 0 saturated carbocycles. The predicted molar refractivity (Wildman–Crippen MR) is 47.4 cm³/mol. The SMILES string of the molecule is CC1(C)CC(=O)N(CC(=O)O)C(=O)C1. The van der Waals surface area contributed by atoms with Crippen LogP contribution in [0.4, 0.5) is 0 Å². The number of likely N-dealkylation sites (tertiary alicyclic amines) is 1. The minimum Gasteiger partial charge on any atom is -0.480 e. The van der Waals surface area contributed by atoms with E-state index < -0.39 is 24.3 Å². The topological polar surface area (TPSA) is 74.7 Å². The first-order valence-electron chi connectivity index (χ1n) is 4.37. The van der Waals surface area contributed by atoms with Crippen molar-refractivity contribution in [2.45, 2.75) is 26.7 Å². The van der Waals surface area contributed by atoms with Gasteiger partial charge in [-0.3, -0.25) is 19.3 Å². The number of nitrogens with zero attached hydrogens (tertiary/aromatic N) is 1. The van der Waals surface area contributed by atoms with E-state index in [1.165, 1.54) is 0 Å². The lowest BCUT2D eigenvalue weighted by Gasteiger charge is -2.33. The molecule has 0 atom stereocenters. The average Bonchev–Trinajstić information content (AvgIpc) is 1.94. The first-order chi connectivity index (χ1) is 6.32. The van der Waals surface area contributed by atoms with Crippen LogP contribution < -0.4 is 0 Å². The van der Waals surface area contributed by atoms with Crippen LogP contribution >= 0.6 is 0 Å². The van der Waals surface area contributed by atoms with E-state index in [9.17, 15) is 14.4 Å². The number of piperidine rings is 1. The standard InChI is InChI=1S/C9H13NO4/c1-9(2)3-6(11)10(5-8(13)14)7(12)4-9/h3-5H2,1-2H3,(H,13,14). The van der Waals surface area contributed by atoms with Gasteiger partial charge in [-0.15, -0.1) is 0 Å². The Hall–Kier alpha value is -1.39. The minimum atomic E-state index is -1.16. The molecule has 0 aromatic carbocycles. The molecular formula is C9H13NO4. The predicted octanol–water partition coefficient (Wildman–Crippen LogP) is 0.246. The molecule has 0 aromatic rings. The Morgan fingerprint density at radius 3 is 2.14 bits per heavy atom. The van der Waals surface area contributed by atoms with Crippen LogP contribution in [0, 0.1) is 5.41 Å². The normalized spacial score (nSPS) is 21.1. The molecule has 1 aliphatic heterocycles. The van der Waals surface area contributed by atoms with E-state index in [1.54, 1.807) is 0 Å². The van der Waals surface area contributed by atoms with Crippen LogP contribution in [-0.2, 0) is 14.4 Å². The third-order valence-electron chi connectivity index (χ3n) is 2.16. The molecule has 0 aliphatic carbocycles. The number of hydrogen-bond donors (Lipinski definition) is 1. The van der Waals surface area contributed by atoms with E-state index in [0.29, 0.717) is 0 Å². The fourth-order valence-electron chi connectivity index (χ4n) is 1.52. The molecule has 0 radical (unpaired) electrons. The van der Waals surface area contributed by atoms with Gasteiger partial charge in [0.15, 0.2) is 0 Å². The van der Waals surface area contributed by atoms with E-state index in [0.717, 1.165) is 4.90 Å². The zero-order valence-corrected chi connectivity index (χ0v) is 8.24. The maximum atomic E-state index is 11.4. The maximum absolute atomic E-state index is 11.4. The van der Waals surface area contributed by atoms with E-state index in [1.807, 2.05) is 13.8 Å². The van der Waals surface area contributed by atoms with Crippen molar-refractivity contribution in [2.24, 2.45) is 5.41 Å². The first kappa shape index (κ1) is 10.7. The molecule has 0 aromatic heterocycles. The Kier molecular flexibility index (Phi) is 2.59. The molecule has 0 bridgehead atoms. The fraction of sp³-hybridized carbons (Fsp3) is 0.667. The van der Waals surface area contributed by atoms with Gasteiger partial charge in [0.2, 0.25) is 11.8 Å². The third-order valence-corrected chi connectivity index (χ3v) is 2.16. The van der Waals surface area contributed by atoms with Crippen LogP contribution in [-0.4, -0.2) is 34.3 Å². The Bertz CT molecular complexity index is 275. The second kappa shape index (κ2) is 3.40. The molecule has 1 fully saturated rings. The summed E-state index contributed by atoms with van der Waals surface area (Å²) < 4.78 is 0. The zero-order chi connectivity index (χ0) is 10.9. The number of carboxylic acid groups (broad SMARTS) is 1. The highest BCUT2D eigenvalue weighted by Crippen LogP contribution is 2.31. The highest BCUT2D eigenvalue weighted by Gasteiger charge is 2.37. The van der Waals surface area contributed by atoms with Gasteiger partial charge in [0.25, 0.3) is 0 Å². The smallest absolute Gasteiger partial charge is 0.323 e. The molecule has 14 heavy (non-hydrogen) atoms. The molecule has 1 N–H and O–H groups in total. The summed E-state index contributed by atoms with van der Waals surface area (Å²) in [4.78, 5) is 34.0. The van der Waals surface area contributed by atoms with Gasteiger partial charge in [-0.2, -0.15) is 0 Å². The van der Waals surface area contributed by atoms with E-state index in [-0.39, 0.29) is 18.3 Å². The number of carbonyl (C=O) groups is 3. The molecule has 0 spiro atoms. The molecule has 1 heterocycles. The second-order valence-electron chi connectivity index (χ2n) is 4.29. The van der Waals surface area contributed by atoms with Gasteiger partial charge in [-0.25, -0.2) is 0 Å². The van der Waals surface area contributed by atoms with Gasteiger partial charge in [0, 0.05) is 12.8 Å². The summed E-state index contributed by atoms with van der Waals surface area (Å²) in [6.45, 7) is 3.12. The van der Waals surface area contributed by atoms with Crippen LogP contribution in [0.15, 0.2) is 0 Å². The molecule has 78 valence electrons. The lowest BCUT2D eigenvalue weighted by molar-refractivity contribution is -0.158. The van der Waals surface area contributed by atoms with Crippen molar-refractivity contribution in [3.05, 3.63) is 0 Å². The van der Waals surface area contributed by atoms with Crippen molar-refractivity contribution in [3.8, 4) is 0 Å². The van der Waals surface area contributed by atoms with Crippen molar-refractivity contribution in [1.29, 1.82) is 0 Å². The molecular weight excluding hydrogens is 186 g/mol. The monoisotopic (exact) mass is 199 g/mol. The molecule has 1 aliphatic rings. The van der Waals surface area contributed by atoms with Gasteiger partial charge in [0.1, 0.15) is 6.54 Å². The summed E-state index contributed by atoms with van der Waals surface area (Å²) in [5.41, 5.74) is -0.344. The van der Waals surface area contributed by atoms with Gasteiger partial charge in [-0.05, 0) is 5.41 Å². The van der Waals surface area contributed by atoms with Crippen LogP contribution in [0.5, 0.6) is 0 Å². The van der Waals surface area contributed by atoms with E-state index in [2.05, 4.69) is 0 Å². The van der Waals surface area contributed by atoms with Crippen molar-refractivity contribution in [1.82, 2.24) is 4.90 Å². The average molecular weight is 199 g/mol. The number of aliphatic carboxylic acids is 1. The number of carboxylic acids is 1. The van der Waals surface area contributed by atoms with Gasteiger partial charge < -0.3 is 5.11 Å². The Labute approximate surface area is 81.7 Å². The minimum absolute atomic E-state index is 0.228. The van der Waals surface area contributed by atoms with Crippen LogP contribution in [0.3, 0.4) is 0 Å². The zero-order valence-electron chi connectivity index (χ0n) is 8.24. The van der Waals surface area contributed by atoms with E-state index >= 15 is 0 Å². The Balaban J connectivity index is 2.76. The molecule has 2 amide bonds. The summed E-state index contributed by atoms with van der Waals surface area (Å²) in [6, 6.07) is 0. The summed E-state index contributed by atoms with van der Waals surface area (Å²) in [5.74, 6) is -1.95. The van der Waals surface area contributed by atoms with Crippen molar-refractivity contribution < 1.29 is 19.5 Å². The maximum Gasteiger partial charge on any atom is 0.323 e. The fourth-order valence-corrected chi connectivity index (χ4v) is 1.52. The molecule has 5 heteroatoms. The number of hydrogen-bond acceptors (Lipinski definition) is 3. The van der Waals surface area contributed by atoms with Crippen LogP contribution in [0.25, 0.3) is 0 Å². The Morgan fingerprint density at radius 1 is 1.36 bits per heavy atom. The summed E-state index contributed by atoms with van der Waals surface area (Å²) in [7, 11) is 0. The largest absolute Gasteiger partial charge is 0.480 e. The van der Waals surface area contributed by atoms with Crippen LogP contribution in [0.1, 0.15) is 26.7 Å². The van der Waals surface area contributed by atoms with E-state index in [4.69, 9.17) is 5.11 Å². The van der Waals surface area contributed by atoms with Gasteiger partial charge in [-0.1, -0.05) is 13.8 Å². The first-order valence-corrected chi connectivity index (χ1v) is 4.37. The number of rotatable bonds is 2. The Morgan fingerprint density at radius 2 is 1.79 bits per heavy atom. The molecule has 0 unspecified atom stereocenters. The second-order valence-corrected chi connectivity index (χ2v) is 4.29. The molecule has 1 rings (SSSR count). The number of carbonyl (C=O) groups excluding carboxylic acids is 2. The third kappa shape index (κ3) is 2.31. The number of amides is 2. The lowest BCUT2D eigenvalue weighted by Crippen LogP contribution is -2.48. The molecule has 1 saturated heterocycles. The highest BCUT2D eigenvalue weighted by atomic mass is 16.4. The lowest BCUT2D eigenvalue weighted by atomic mass is 9.82. The van der Waals surface area contributed by atoms with Crippen molar-refractivity contribution >= 4 is 17.8 Å². The molecule has 5 nitrogen and oxygen atoms in total. The summed E-state index contributed by atoms with van der Waals surface area (Å²) in [5, 5.41) is 8.49. The van der Waals surface area contributed by atoms with Crippen molar-refractivity contribution in [2.75, 3.05) is 6.54 Å². The van der Waals surface area contributed by atoms with Crippen LogP contribution in [0.2, 0.25) is 0 Å². The summed E-state index contributed by atoms with van der Waals surface area (Å²) in [6.07, 6.45) is 0.456. The van der Waals surface area contributed by atoms with Gasteiger partial charge >= 0.3 is 5.97 Å². The quantitative estimate of drug-likeness (QED) is 0.647.